The number of phenols is 1. The number of hydrogen-bond acceptors (Lipinski definition) is 4. The van der Waals surface area contributed by atoms with Crippen molar-refractivity contribution in [3.05, 3.63) is 138 Å². The zero-order valence-electron chi connectivity index (χ0n) is 26.6. The topological polar surface area (TPSA) is 93.2 Å². The summed E-state index contributed by atoms with van der Waals surface area (Å²) in [7, 11) is 0. The molecule has 6 rings (SSSR count). The van der Waals surface area contributed by atoms with Crippen LogP contribution in [0.1, 0.15) is 41.0 Å². The Morgan fingerprint density at radius 3 is 2.04 bits per heavy atom. The van der Waals surface area contributed by atoms with E-state index in [0.717, 1.165) is 17.5 Å². The molecule has 2 saturated heterocycles. The molecular weight excluding hydrogens is 588 g/mol. The Labute approximate surface area is 276 Å². The number of nitrogens with zero attached hydrogens (tertiary/aromatic N) is 3. The lowest BCUT2D eigenvalue weighted by Crippen LogP contribution is -2.62. The summed E-state index contributed by atoms with van der Waals surface area (Å²) in [5.41, 5.74) is 4.42. The molecule has 0 aromatic heterocycles. The van der Waals surface area contributed by atoms with Gasteiger partial charge < -0.3 is 25.1 Å². The zero-order valence-corrected chi connectivity index (χ0v) is 26.6. The van der Waals surface area contributed by atoms with E-state index in [2.05, 4.69) is 29.6 Å². The van der Waals surface area contributed by atoms with E-state index in [9.17, 15) is 19.5 Å². The lowest BCUT2D eigenvalue weighted by molar-refractivity contribution is -0.142. The van der Waals surface area contributed by atoms with Crippen LogP contribution in [-0.2, 0) is 22.4 Å². The number of hydrogen-bond donors (Lipinski definition) is 2. The number of rotatable bonds is 10. The highest BCUT2D eigenvalue weighted by atomic mass is 16.3. The second-order valence-electron chi connectivity index (χ2n) is 12.5. The van der Waals surface area contributed by atoms with E-state index in [1.165, 1.54) is 11.1 Å². The summed E-state index contributed by atoms with van der Waals surface area (Å²) in [4.78, 5) is 46.7. The summed E-state index contributed by atoms with van der Waals surface area (Å²) in [6, 6.07) is 37.3. The highest BCUT2D eigenvalue weighted by molar-refractivity contribution is 5.85. The van der Waals surface area contributed by atoms with Crippen LogP contribution in [0, 0.1) is 5.92 Å². The normalized spacial score (nSPS) is 18.2. The molecule has 2 heterocycles. The van der Waals surface area contributed by atoms with Gasteiger partial charge in [-0.25, -0.2) is 4.79 Å². The van der Waals surface area contributed by atoms with Crippen LogP contribution in [0.4, 0.5) is 4.79 Å². The maximum atomic E-state index is 14.1. The number of aromatic hydroxyl groups is 1. The van der Waals surface area contributed by atoms with E-state index in [-0.39, 0.29) is 49.0 Å². The molecule has 4 amide bonds. The van der Waals surface area contributed by atoms with Gasteiger partial charge in [0.05, 0.1) is 12.5 Å². The number of carbonyl (C=O) groups is 3. The molecule has 0 radical (unpaired) electrons. The molecule has 4 aromatic carbocycles. The fourth-order valence-corrected chi connectivity index (χ4v) is 6.86. The third-order valence-corrected chi connectivity index (χ3v) is 9.37. The molecule has 0 bridgehead atoms. The average Bonchev–Trinajstić information content (AvgIpc) is 3.24. The van der Waals surface area contributed by atoms with E-state index in [0.29, 0.717) is 32.5 Å². The number of benzene rings is 4. The number of nitrogens with one attached hydrogen (secondary N) is 1. The number of fused-ring (bicyclic) bond motifs is 1. The third kappa shape index (κ3) is 7.83. The minimum atomic E-state index is -0.556. The summed E-state index contributed by atoms with van der Waals surface area (Å²) in [6.45, 7) is 1.74. The van der Waals surface area contributed by atoms with E-state index in [4.69, 9.17) is 0 Å². The molecule has 0 spiro atoms. The van der Waals surface area contributed by atoms with Gasteiger partial charge in [-0.1, -0.05) is 103 Å². The highest BCUT2D eigenvalue weighted by Gasteiger charge is 2.43. The predicted molar refractivity (Wildman–Crippen MR) is 182 cm³/mol. The maximum Gasteiger partial charge on any atom is 0.319 e. The minimum Gasteiger partial charge on any atom is -0.508 e. The first-order chi connectivity index (χ1) is 23.0. The fraction of sp³-hybridized carbons (Fsp3) is 0.308. The second kappa shape index (κ2) is 15.0. The van der Waals surface area contributed by atoms with Crippen LogP contribution >= 0.6 is 0 Å². The Morgan fingerprint density at radius 1 is 0.787 bits per heavy atom. The summed E-state index contributed by atoms with van der Waals surface area (Å²) >= 11 is 0. The van der Waals surface area contributed by atoms with E-state index in [1.807, 2.05) is 83.8 Å². The molecule has 0 aliphatic carbocycles. The van der Waals surface area contributed by atoms with Crippen LogP contribution in [-0.4, -0.2) is 76.5 Å². The molecule has 2 aliphatic rings. The number of urea groups is 1. The van der Waals surface area contributed by atoms with Crippen molar-refractivity contribution in [2.75, 3.05) is 32.7 Å². The quantitative estimate of drug-likeness (QED) is 0.245. The molecule has 8 heteroatoms. The van der Waals surface area contributed by atoms with Gasteiger partial charge in [0.15, 0.2) is 0 Å². The van der Waals surface area contributed by atoms with Gasteiger partial charge in [-0.3, -0.25) is 9.59 Å². The molecule has 2 unspecified atom stereocenters. The highest BCUT2D eigenvalue weighted by Crippen LogP contribution is 2.29. The molecule has 2 atom stereocenters. The molecule has 2 N–H and O–H groups in total. The van der Waals surface area contributed by atoms with Crippen molar-refractivity contribution in [2.24, 2.45) is 5.92 Å². The molecule has 0 saturated carbocycles. The Morgan fingerprint density at radius 2 is 1.40 bits per heavy atom. The van der Waals surface area contributed by atoms with Gasteiger partial charge in [0.2, 0.25) is 11.8 Å². The first-order valence-electron chi connectivity index (χ1n) is 16.5. The van der Waals surface area contributed by atoms with Crippen LogP contribution < -0.4 is 5.32 Å². The lowest BCUT2D eigenvalue weighted by Gasteiger charge is -2.43. The monoisotopic (exact) mass is 630 g/mol. The van der Waals surface area contributed by atoms with Gasteiger partial charge in [-0.2, -0.15) is 0 Å². The van der Waals surface area contributed by atoms with Crippen LogP contribution in [0.5, 0.6) is 5.75 Å². The molecule has 4 aromatic rings. The Balaban J connectivity index is 1.19. The van der Waals surface area contributed by atoms with Crippen LogP contribution in [0.3, 0.4) is 0 Å². The first kappa shape index (κ1) is 31.9. The fourth-order valence-electron chi connectivity index (χ4n) is 6.86. The SMILES string of the molecule is O=C1C(Cc2ccc(O)cc2)CN2C(=O)CCN(C(=O)NCCC(c3ccccc3)c3ccccc3)C2CN1CCc1ccccc1. The van der Waals surface area contributed by atoms with Crippen LogP contribution in [0.25, 0.3) is 0 Å². The predicted octanol–water partition coefficient (Wildman–Crippen LogP) is 5.43. The molecule has 2 aliphatic heterocycles. The zero-order chi connectivity index (χ0) is 32.6. The van der Waals surface area contributed by atoms with Crippen LogP contribution in [0.2, 0.25) is 0 Å². The molecule has 242 valence electrons. The van der Waals surface area contributed by atoms with Gasteiger partial charge in [0.25, 0.3) is 0 Å². The Bertz CT molecular complexity index is 1590. The van der Waals surface area contributed by atoms with Crippen molar-refractivity contribution in [2.45, 2.75) is 37.8 Å². The molecule has 8 nitrogen and oxygen atoms in total. The average molecular weight is 631 g/mol. The number of carbonyl (C=O) groups excluding carboxylic acids is 3. The van der Waals surface area contributed by atoms with Gasteiger partial charge >= 0.3 is 6.03 Å². The smallest absolute Gasteiger partial charge is 0.319 e. The minimum absolute atomic E-state index is 0.0230. The summed E-state index contributed by atoms with van der Waals surface area (Å²) in [5, 5.41) is 12.9. The van der Waals surface area contributed by atoms with E-state index < -0.39 is 12.1 Å². The largest absolute Gasteiger partial charge is 0.508 e. The van der Waals surface area contributed by atoms with E-state index in [1.54, 1.807) is 21.9 Å². The van der Waals surface area contributed by atoms with Crippen molar-refractivity contribution < 1.29 is 19.5 Å². The Hall–Kier alpha value is -5.11. The van der Waals surface area contributed by atoms with Crippen molar-refractivity contribution in [3.63, 3.8) is 0 Å². The Kier molecular flexibility index (Phi) is 10.2. The van der Waals surface area contributed by atoms with Crippen molar-refractivity contribution in [1.82, 2.24) is 20.0 Å². The molecule has 2 fully saturated rings. The van der Waals surface area contributed by atoms with Gasteiger partial charge in [0.1, 0.15) is 11.9 Å². The van der Waals surface area contributed by atoms with Gasteiger partial charge in [0, 0.05) is 38.5 Å². The molecular formula is C39H42N4O4. The summed E-state index contributed by atoms with van der Waals surface area (Å²) in [5.74, 6) is -0.241. The third-order valence-electron chi connectivity index (χ3n) is 9.37. The number of amides is 4. The van der Waals surface area contributed by atoms with Crippen LogP contribution in [0.15, 0.2) is 115 Å². The molecule has 47 heavy (non-hydrogen) atoms. The van der Waals surface area contributed by atoms with Crippen molar-refractivity contribution in [3.8, 4) is 5.75 Å². The van der Waals surface area contributed by atoms with Crippen molar-refractivity contribution in [1.29, 1.82) is 0 Å². The number of phenolic OH excluding ortho intramolecular Hbond substituents is 1. The van der Waals surface area contributed by atoms with Crippen molar-refractivity contribution >= 4 is 17.8 Å². The standard InChI is InChI=1S/C39H42N4O4/c44-34-18-16-30(17-19-34)26-33-27-43-36(28-41(38(33)46)24-21-29-10-4-1-5-11-29)42(25-22-37(43)45)39(47)40-23-20-35(31-12-6-2-7-13-31)32-14-8-3-9-15-32/h1-19,33,35-36,44H,20-28H2,(H,40,47). The second-order valence-corrected chi connectivity index (χ2v) is 12.5. The maximum absolute atomic E-state index is 14.1. The summed E-state index contributed by atoms with van der Waals surface area (Å²) < 4.78 is 0. The van der Waals surface area contributed by atoms with E-state index >= 15 is 0 Å². The first-order valence-corrected chi connectivity index (χ1v) is 16.5. The van der Waals surface area contributed by atoms with Gasteiger partial charge in [-0.05, 0) is 53.6 Å². The van der Waals surface area contributed by atoms with Gasteiger partial charge in [-0.15, -0.1) is 0 Å². The summed E-state index contributed by atoms with van der Waals surface area (Å²) in [6.07, 6.45) is 1.48. The lowest BCUT2D eigenvalue weighted by atomic mass is 9.88.